The van der Waals surface area contributed by atoms with Gasteiger partial charge in [0.2, 0.25) is 0 Å². The third kappa shape index (κ3) is 3.66. The maximum absolute atomic E-state index is 12.7. The first-order valence-corrected chi connectivity index (χ1v) is 8.71. The summed E-state index contributed by atoms with van der Waals surface area (Å²) in [5.41, 5.74) is 1.61. The summed E-state index contributed by atoms with van der Waals surface area (Å²) in [6.07, 6.45) is 0. The van der Waals surface area contributed by atoms with E-state index in [2.05, 4.69) is 15.2 Å². The Bertz CT molecular complexity index is 891. The first-order chi connectivity index (χ1) is 12.6. The van der Waals surface area contributed by atoms with Crippen LogP contribution >= 0.6 is 11.3 Å². The molecule has 0 aliphatic heterocycles. The van der Waals surface area contributed by atoms with Gasteiger partial charge >= 0.3 is 5.97 Å². The molecule has 0 radical (unpaired) electrons. The first-order valence-electron chi connectivity index (χ1n) is 7.83. The molecule has 3 aromatic rings. The summed E-state index contributed by atoms with van der Waals surface area (Å²) in [6.45, 7) is -0.560. The number of aliphatic hydroxyl groups is 1. The Hall–Kier alpha value is -2.97. The van der Waals surface area contributed by atoms with E-state index in [4.69, 9.17) is 0 Å². The SMILES string of the molecule is COC(=O)[C@@H](CO)NC(=O)c1cc(-c2cccs2)nn1-c1ccccc1. The fraction of sp³-hybridized carbons (Fsp3) is 0.167. The second kappa shape index (κ2) is 7.94. The maximum atomic E-state index is 12.7. The standard InChI is InChI=1S/C18H17N3O4S/c1-25-18(24)14(11-22)19-17(23)15-10-13(16-8-5-9-26-16)20-21(15)12-6-3-2-4-7-12/h2-10,14,22H,11H2,1H3,(H,19,23)/t14-/m1/s1. The Morgan fingerprint density at radius 1 is 1.27 bits per heavy atom. The molecule has 1 aromatic carbocycles. The summed E-state index contributed by atoms with van der Waals surface area (Å²) >= 11 is 1.51. The van der Waals surface area contributed by atoms with Crippen LogP contribution in [0.25, 0.3) is 16.3 Å². The molecular weight excluding hydrogens is 354 g/mol. The molecule has 2 aromatic heterocycles. The number of carbonyl (C=O) groups excluding carboxylic acids is 2. The molecular formula is C18H17N3O4S. The van der Waals surface area contributed by atoms with Crippen molar-refractivity contribution in [3.8, 4) is 16.3 Å². The predicted molar refractivity (Wildman–Crippen MR) is 97.2 cm³/mol. The third-order valence-corrected chi connectivity index (χ3v) is 4.58. The van der Waals surface area contributed by atoms with Gasteiger partial charge in [0.15, 0.2) is 6.04 Å². The molecule has 0 aliphatic rings. The van der Waals surface area contributed by atoms with Crippen molar-refractivity contribution < 1.29 is 19.4 Å². The quantitative estimate of drug-likeness (QED) is 0.645. The third-order valence-electron chi connectivity index (χ3n) is 3.69. The number of thiophene rings is 1. The number of methoxy groups -OCH3 is 1. The van der Waals surface area contributed by atoms with Crippen LogP contribution in [0, 0.1) is 0 Å². The first kappa shape index (κ1) is 17.8. The van der Waals surface area contributed by atoms with Crippen LogP contribution in [0.2, 0.25) is 0 Å². The van der Waals surface area contributed by atoms with Gasteiger partial charge in [-0.05, 0) is 29.6 Å². The highest BCUT2D eigenvalue weighted by Gasteiger charge is 2.24. The number of hydrogen-bond donors (Lipinski definition) is 2. The second-order valence-corrected chi connectivity index (χ2v) is 6.32. The van der Waals surface area contributed by atoms with Crippen LogP contribution in [0.15, 0.2) is 53.9 Å². The van der Waals surface area contributed by atoms with Crippen LogP contribution in [0.4, 0.5) is 0 Å². The number of rotatable bonds is 6. The van der Waals surface area contributed by atoms with E-state index in [9.17, 15) is 14.7 Å². The maximum Gasteiger partial charge on any atom is 0.330 e. The Kier molecular flexibility index (Phi) is 5.45. The number of para-hydroxylation sites is 1. The van der Waals surface area contributed by atoms with E-state index in [1.54, 1.807) is 6.07 Å². The lowest BCUT2D eigenvalue weighted by molar-refractivity contribution is -0.143. The van der Waals surface area contributed by atoms with Crippen LogP contribution in [-0.4, -0.2) is 46.5 Å². The molecule has 0 unspecified atom stereocenters. The molecule has 0 spiro atoms. The number of hydrogen-bond acceptors (Lipinski definition) is 6. The highest BCUT2D eigenvalue weighted by Crippen LogP contribution is 2.25. The number of ether oxygens (including phenoxy) is 1. The minimum Gasteiger partial charge on any atom is -0.467 e. The largest absolute Gasteiger partial charge is 0.467 e. The van der Waals surface area contributed by atoms with E-state index in [1.807, 2.05) is 47.8 Å². The number of amides is 1. The summed E-state index contributed by atoms with van der Waals surface area (Å²) in [5.74, 6) is -1.25. The highest BCUT2D eigenvalue weighted by atomic mass is 32.1. The summed E-state index contributed by atoms with van der Waals surface area (Å²) < 4.78 is 6.09. The van der Waals surface area contributed by atoms with Gasteiger partial charge in [-0.1, -0.05) is 24.3 Å². The molecule has 0 bridgehead atoms. The average molecular weight is 371 g/mol. The molecule has 1 atom stereocenters. The van der Waals surface area contributed by atoms with Gasteiger partial charge in [-0.15, -0.1) is 11.3 Å². The molecule has 134 valence electrons. The van der Waals surface area contributed by atoms with Crippen molar-refractivity contribution in [3.05, 3.63) is 59.6 Å². The summed E-state index contributed by atoms with van der Waals surface area (Å²) in [4.78, 5) is 25.3. The van der Waals surface area contributed by atoms with Gasteiger partial charge in [-0.2, -0.15) is 5.10 Å². The monoisotopic (exact) mass is 371 g/mol. The van der Waals surface area contributed by atoms with Crippen molar-refractivity contribution in [2.45, 2.75) is 6.04 Å². The minimum absolute atomic E-state index is 0.252. The summed E-state index contributed by atoms with van der Waals surface area (Å²) in [5, 5.41) is 18.3. The number of carbonyl (C=O) groups is 2. The lowest BCUT2D eigenvalue weighted by atomic mass is 10.2. The molecule has 8 heteroatoms. The molecule has 0 saturated heterocycles. The van der Waals surface area contributed by atoms with Crippen molar-refractivity contribution >= 4 is 23.2 Å². The Balaban J connectivity index is 1.99. The fourth-order valence-electron chi connectivity index (χ4n) is 2.41. The van der Waals surface area contributed by atoms with Gasteiger partial charge < -0.3 is 15.2 Å². The van der Waals surface area contributed by atoms with E-state index in [0.717, 1.165) is 4.88 Å². The van der Waals surface area contributed by atoms with Crippen LogP contribution in [-0.2, 0) is 9.53 Å². The zero-order chi connectivity index (χ0) is 18.5. The molecule has 1 amide bonds. The second-order valence-electron chi connectivity index (χ2n) is 5.37. The van der Waals surface area contributed by atoms with Gasteiger partial charge in [0.25, 0.3) is 5.91 Å². The van der Waals surface area contributed by atoms with E-state index >= 15 is 0 Å². The van der Waals surface area contributed by atoms with E-state index < -0.39 is 24.5 Å². The molecule has 0 saturated carbocycles. The van der Waals surface area contributed by atoms with Crippen molar-refractivity contribution in [1.82, 2.24) is 15.1 Å². The van der Waals surface area contributed by atoms with Crippen LogP contribution in [0.3, 0.4) is 0 Å². The highest BCUT2D eigenvalue weighted by molar-refractivity contribution is 7.13. The lowest BCUT2D eigenvalue weighted by Crippen LogP contribution is -2.44. The number of aliphatic hydroxyl groups excluding tert-OH is 1. The molecule has 2 N–H and O–H groups in total. The van der Waals surface area contributed by atoms with E-state index in [-0.39, 0.29) is 5.69 Å². The molecule has 2 heterocycles. The average Bonchev–Trinajstić information content (AvgIpc) is 3.35. The predicted octanol–water partition coefficient (Wildman–Crippen LogP) is 1.86. The summed E-state index contributed by atoms with van der Waals surface area (Å²) in [6, 6.07) is 13.5. The minimum atomic E-state index is -1.14. The smallest absolute Gasteiger partial charge is 0.330 e. The summed E-state index contributed by atoms with van der Waals surface area (Å²) in [7, 11) is 1.19. The molecule has 0 aliphatic carbocycles. The van der Waals surface area contributed by atoms with Crippen molar-refractivity contribution in [1.29, 1.82) is 0 Å². The van der Waals surface area contributed by atoms with Gasteiger partial charge in [-0.3, -0.25) is 4.79 Å². The number of benzene rings is 1. The number of nitrogens with one attached hydrogen (secondary N) is 1. The number of aromatic nitrogens is 2. The Morgan fingerprint density at radius 3 is 2.65 bits per heavy atom. The van der Waals surface area contributed by atoms with Gasteiger partial charge in [0, 0.05) is 0 Å². The van der Waals surface area contributed by atoms with Crippen molar-refractivity contribution in [2.75, 3.05) is 13.7 Å². The molecule has 3 rings (SSSR count). The fourth-order valence-corrected chi connectivity index (χ4v) is 3.09. The Labute approximate surface area is 153 Å². The van der Waals surface area contributed by atoms with Crippen molar-refractivity contribution in [3.63, 3.8) is 0 Å². The van der Waals surface area contributed by atoms with E-state index in [1.165, 1.54) is 23.1 Å². The number of nitrogens with zero attached hydrogens (tertiary/aromatic N) is 2. The lowest BCUT2D eigenvalue weighted by Gasteiger charge is -2.14. The van der Waals surface area contributed by atoms with Crippen LogP contribution < -0.4 is 5.32 Å². The molecule has 0 fully saturated rings. The zero-order valence-corrected chi connectivity index (χ0v) is 14.8. The normalized spacial score (nSPS) is 11.8. The van der Waals surface area contributed by atoms with Crippen LogP contribution in [0.5, 0.6) is 0 Å². The number of esters is 1. The van der Waals surface area contributed by atoms with Gasteiger partial charge in [0.1, 0.15) is 11.4 Å². The van der Waals surface area contributed by atoms with Gasteiger partial charge in [-0.25, -0.2) is 9.48 Å². The van der Waals surface area contributed by atoms with Crippen molar-refractivity contribution in [2.24, 2.45) is 0 Å². The Morgan fingerprint density at radius 2 is 2.04 bits per heavy atom. The van der Waals surface area contributed by atoms with E-state index in [0.29, 0.717) is 11.4 Å². The molecule has 26 heavy (non-hydrogen) atoms. The van der Waals surface area contributed by atoms with Crippen LogP contribution in [0.1, 0.15) is 10.5 Å². The van der Waals surface area contributed by atoms with Gasteiger partial charge in [0.05, 0.1) is 24.3 Å². The topological polar surface area (TPSA) is 93.4 Å². The molecule has 7 nitrogen and oxygen atoms in total. The zero-order valence-electron chi connectivity index (χ0n) is 14.0.